The average Bonchev–Trinajstić information content (AvgIpc) is 2.95. The number of benzene rings is 2. The number of halogens is 1. The number of hydrogen-bond acceptors (Lipinski definition) is 4. The maximum Gasteiger partial charge on any atom is 0.414 e. The van der Waals surface area contributed by atoms with Gasteiger partial charge in [0.1, 0.15) is 18.5 Å². The molecule has 1 heterocycles. The number of carbonyl (C=O) groups is 1. The summed E-state index contributed by atoms with van der Waals surface area (Å²) in [6.07, 6.45) is -0.919. The van der Waals surface area contributed by atoms with Crippen LogP contribution in [-0.4, -0.2) is 30.5 Å². The number of ether oxygens (including phenoxy) is 2. The Morgan fingerprint density at radius 1 is 1.26 bits per heavy atom. The third kappa shape index (κ3) is 3.75. The van der Waals surface area contributed by atoms with E-state index < -0.39 is 12.2 Å². The average molecular weight is 334 g/mol. The van der Waals surface area contributed by atoms with Crippen LogP contribution in [0, 0.1) is 0 Å². The number of aliphatic hydroxyl groups excluding tert-OH is 1. The third-order valence-electron chi connectivity index (χ3n) is 3.52. The summed E-state index contributed by atoms with van der Waals surface area (Å²) in [5.74, 6) is 0.694. The van der Waals surface area contributed by atoms with Gasteiger partial charge in [0, 0.05) is 10.7 Å². The number of carbonyl (C=O) groups excluding carboxylic acids is 1. The van der Waals surface area contributed by atoms with E-state index in [0.29, 0.717) is 29.6 Å². The smallest absolute Gasteiger partial charge is 0.414 e. The summed E-state index contributed by atoms with van der Waals surface area (Å²) in [7, 11) is 0. The molecule has 1 amide bonds. The van der Waals surface area contributed by atoms with Crippen molar-refractivity contribution in [1.29, 1.82) is 0 Å². The molecule has 2 aromatic rings. The van der Waals surface area contributed by atoms with E-state index in [-0.39, 0.29) is 6.61 Å². The van der Waals surface area contributed by atoms with Crippen LogP contribution in [0.25, 0.3) is 0 Å². The summed E-state index contributed by atoms with van der Waals surface area (Å²) in [4.78, 5) is 13.2. The molecule has 1 N–H and O–H groups in total. The molecule has 1 aliphatic rings. The van der Waals surface area contributed by atoms with Crippen LogP contribution in [0.5, 0.6) is 5.75 Å². The lowest BCUT2D eigenvalue weighted by molar-refractivity contribution is 0.0963. The summed E-state index contributed by atoms with van der Waals surface area (Å²) in [5, 5.41) is 9.73. The molecular weight excluding hydrogens is 318 g/mol. The molecule has 0 aromatic heterocycles. The molecular formula is C17H16ClNO4. The Morgan fingerprint density at radius 3 is 2.70 bits per heavy atom. The fraction of sp³-hybridized carbons (Fsp3) is 0.235. The Hall–Kier alpha value is -2.24. The second-order valence-corrected chi connectivity index (χ2v) is 5.65. The van der Waals surface area contributed by atoms with Gasteiger partial charge in [-0.2, -0.15) is 0 Å². The molecule has 120 valence electrons. The van der Waals surface area contributed by atoms with E-state index in [9.17, 15) is 4.79 Å². The molecule has 1 atom stereocenters. The Labute approximate surface area is 139 Å². The van der Waals surface area contributed by atoms with Crippen molar-refractivity contribution in [2.45, 2.75) is 12.7 Å². The van der Waals surface area contributed by atoms with E-state index in [1.54, 1.807) is 24.3 Å². The number of aliphatic hydroxyl groups is 1. The van der Waals surface area contributed by atoms with Crippen LogP contribution in [0.3, 0.4) is 0 Å². The minimum Gasteiger partial charge on any atom is -0.489 e. The van der Waals surface area contributed by atoms with Crippen LogP contribution in [0.15, 0.2) is 48.5 Å². The fourth-order valence-electron chi connectivity index (χ4n) is 2.34. The van der Waals surface area contributed by atoms with Crippen LogP contribution in [0.4, 0.5) is 10.5 Å². The van der Waals surface area contributed by atoms with Crippen LogP contribution < -0.4 is 9.64 Å². The predicted octanol–water partition coefficient (Wildman–Crippen LogP) is 3.24. The summed E-state index contributed by atoms with van der Waals surface area (Å²) < 4.78 is 10.7. The topological polar surface area (TPSA) is 59.0 Å². The number of amides is 1. The highest BCUT2D eigenvalue weighted by Gasteiger charge is 2.31. The zero-order chi connectivity index (χ0) is 16.2. The Bertz CT molecular complexity index is 689. The van der Waals surface area contributed by atoms with Crippen LogP contribution in [-0.2, 0) is 11.3 Å². The van der Waals surface area contributed by atoms with Crippen LogP contribution in [0.1, 0.15) is 5.56 Å². The number of cyclic esters (lactones) is 1. The van der Waals surface area contributed by atoms with Crippen molar-refractivity contribution in [2.75, 3.05) is 18.1 Å². The van der Waals surface area contributed by atoms with Gasteiger partial charge in [0.2, 0.25) is 0 Å². The minimum absolute atomic E-state index is 0.178. The van der Waals surface area contributed by atoms with Gasteiger partial charge in [-0.1, -0.05) is 23.7 Å². The van der Waals surface area contributed by atoms with Gasteiger partial charge in [0.25, 0.3) is 0 Å². The van der Waals surface area contributed by atoms with E-state index in [1.165, 1.54) is 4.90 Å². The largest absolute Gasteiger partial charge is 0.489 e. The second kappa shape index (κ2) is 6.89. The Kier molecular flexibility index (Phi) is 4.69. The number of nitrogens with zero attached hydrogens (tertiary/aromatic N) is 1. The quantitative estimate of drug-likeness (QED) is 0.912. The molecule has 1 fully saturated rings. The Balaban J connectivity index is 1.62. The molecule has 0 spiro atoms. The van der Waals surface area contributed by atoms with Gasteiger partial charge in [-0.25, -0.2) is 4.79 Å². The number of hydrogen-bond donors (Lipinski definition) is 1. The van der Waals surface area contributed by atoms with Crippen molar-refractivity contribution in [3.05, 3.63) is 59.1 Å². The highest BCUT2D eigenvalue weighted by Crippen LogP contribution is 2.24. The van der Waals surface area contributed by atoms with Crippen molar-refractivity contribution in [1.82, 2.24) is 0 Å². The van der Waals surface area contributed by atoms with Gasteiger partial charge in [0.15, 0.2) is 0 Å². The van der Waals surface area contributed by atoms with Crippen molar-refractivity contribution in [3.63, 3.8) is 0 Å². The highest BCUT2D eigenvalue weighted by atomic mass is 35.5. The van der Waals surface area contributed by atoms with Crippen LogP contribution >= 0.6 is 11.6 Å². The standard InChI is InChI=1S/C17H16ClNO4/c18-13-3-1-2-12(8-13)11-22-15-6-4-14(5-7-15)19-9-16(10-20)23-17(19)21/h1-8,16,20H,9-11H2/t16-/m0/s1. The molecule has 0 bridgehead atoms. The molecule has 1 saturated heterocycles. The molecule has 3 rings (SSSR count). The summed E-state index contributed by atoms with van der Waals surface area (Å²) in [6.45, 7) is 0.583. The molecule has 0 aliphatic carbocycles. The zero-order valence-electron chi connectivity index (χ0n) is 12.3. The van der Waals surface area contributed by atoms with Crippen molar-refractivity contribution in [2.24, 2.45) is 0 Å². The van der Waals surface area contributed by atoms with Crippen molar-refractivity contribution in [3.8, 4) is 5.75 Å². The summed E-state index contributed by atoms with van der Waals surface area (Å²) in [6, 6.07) is 14.6. The van der Waals surface area contributed by atoms with Gasteiger partial charge in [-0.05, 0) is 42.0 Å². The van der Waals surface area contributed by atoms with Crippen LogP contribution in [0.2, 0.25) is 5.02 Å². The molecule has 0 radical (unpaired) electrons. The SMILES string of the molecule is O=C1O[C@H](CO)CN1c1ccc(OCc2cccc(Cl)c2)cc1. The van der Waals surface area contributed by atoms with E-state index >= 15 is 0 Å². The first-order valence-electron chi connectivity index (χ1n) is 7.22. The van der Waals surface area contributed by atoms with Gasteiger partial charge in [-0.15, -0.1) is 0 Å². The van der Waals surface area contributed by atoms with E-state index in [2.05, 4.69) is 0 Å². The van der Waals surface area contributed by atoms with E-state index in [1.807, 2.05) is 24.3 Å². The number of rotatable bonds is 5. The predicted molar refractivity (Wildman–Crippen MR) is 86.9 cm³/mol. The molecule has 23 heavy (non-hydrogen) atoms. The molecule has 2 aromatic carbocycles. The molecule has 5 nitrogen and oxygen atoms in total. The molecule has 0 unspecified atom stereocenters. The summed E-state index contributed by atoms with van der Waals surface area (Å²) in [5.41, 5.74) is 1.69. The van der Waals surface area contributed by atoms with Crippen molar-refractivity contribution < 1.29 is 19.4 Å². The molecule has 1 aliphatic heterocycles. The second-order valence-electron chi connectivity index (χ2n) is 5.21. The van der Waals surface area contributed by atoms with Gasteiger partial charge >= 0.3 is 6.09 Å². The lowest BCUT2D eigenvalue weighted by Crippen LogP contribution is -2.25. The highest BCUT2D eigenvalue weighted by molar-refractivity contribution is 6.30. The Morgan fingerprint density at radius 2 is 2.04 bits per heavy atom. The monoisotopic (exact) mass is 333 g/mol. The van der Waals surface area contributed by atoms with Gasteiger partial charge < -0.3 is 14.6 Å². The normalized spacial score (nSPS) is 17.2. The lowest BCUT2D eigenvalue weighted by atomic mass is 10.2. The third-order valence-corrected chi connectivity index (χ3v) is 3.76. The van der Waals surface area contributed by atoms with Crippen molar-refractivity contribution >= 4 is 23.4 Å². The van der Waals surface area contributed by atoms with E-state index in [0.717, 1.165) is 5.56 Å². The lowest BCUT2D eigenvalue weighted by Gasteiger charge is -2.13. The van der Waals surface area contributed by atoms with E-state index in [4.69, 9.17) is 26.2 Å². The maximum absolute atomic E-state index is 11.7. The molecule has 6 heteroatoms. The fourth-order valence-corrected chi connectivity index (χ4v) is 2.56. The first-order chi connectivity index (χ1) is 11.2. The molecule has 0 saturated carbocycles. The number of anilines is 1. The minimum atomic E-state index is -0.471. The summed E-state index contributed by atoms with van der Waals surface area (Å²) >= 11 is 5.93. The first-order valence-corrected chi connectivity index (χ1v) is 7.60. The van der Waals surface area contributed by atoms with Gasteiger partial charge in [-0.3, -0.25) is 4.90 Å². The maximum atomic E-state index is 11.7. The van der Waals surface area contributed by atoms with Gasteiger partial charge in [0.05, 0.1) is 13.2 Å². The first kappa shape index (κ1) is 15.6. The zero-order valence-corrected chi connectivity index (χ0v) is 13.1.